The molecular weight excluding hydrogens is 329 g/mol. The molecular formula is C20H30BNO4. The maximum absolute atomic E-state index is 11.9. The van der Waals surface area contributed by atoms with Crippen molar-refractivity contribution in [1.82, 2.24) is 4.90 Å². The van der Waals surface area contributed by atoms with E-state index >= 15 is 0 Å². The topological polar surface area (TPSA) is 59.0 Å². The molecule has 1 aromatic rings. The molecule has 3 rings (SSSR count). The predicted molar refractivity (Wildman–Crippen MR) is 103 cm³/mol. The van der Waals surface area contributed by atoms with Gasteiger partial charge >= 0.3 is 13.2 Å². The third-order valence-electron chi connectivity index (χ3n) is 6.02. The molecule has 1 fully saturated rings. The van der Waals surface area contributed by atoms with Gasteiger partial charge in [0.15, 0.2) is 0 Å². The van der Waals surface area contributed by atoms with Crippen molar-refractivity contribution in [3.05, 3.63) is 29.3 Å². The van der Waals surface area contributed by atoms with E-state index in [0.29, 0.717) is 0 Å². The Morgan fingerprint density at radius 3 is 2.27 bits per heavy atom. The van der Waals surface area contributed by atoms with E-state index in [1.807, 2.05) is 66.7 Å². The van der Waals surface area contributed by atoms with E-state index in [1.165, 1.54) is 5.56 Å². The van der Waals surface area contributed by atoms with Gasteiger partial charge in [0.05, 0.1) is 17.2 Å². The molecule has 142 valence electrons. The minimum atomic E-state index is -0.878. The van der Waals surface area contributed by atoms with Crippen LogP contribution in [0.5, 0.6) is 0 Å². The fourth-order valence-corrected chi connectivity index (χ4v) is 4.01. The quantitative estimate of drug-likeness (QED) is 0.817. The molecule has 1 unspecified atom stereocenters. The number of rotatable bonds is 2. The van der Waals surface area contributed by atoms with E-state index in [1.54, 1.807) is 4.90 Å². The molecule has 1 N–H and O–H groups in total. The molecule has 1 amide bonds. The summed E-state index contributed by atoms with van der Waals surface area (Å²) in [5.41, 5.74) is 2.04. The van der Waals surface area contributed by atoms with Crippen LogP contribution in [0.1, 0.15) is 72.1 Å². The van der Waals surface area contributed by atoms with Gasteiger partial charge in [-0.05, 0) is 77.9 Å². The summed E-state index contributed by atoms with van der Waals surface area (Å²) in [6.07, 6.45) is 0.742. The molecule has 2 aliphatic rings. The summed E-state index contributed by atoms with van der Waals surface area (Å²) in [5, 5.41) is 9.79. The van der Waals surface area contributed by atoms with E-state index in [0.717, 1.165) is 23.9 Å². The van der Waals surface area contributed by atoms with Gasteiger partial charge in [0.25, 0.3) is 0 Å². The molecule has 26 heavy (non-hydrogen) atoms. The van der Waals surface area contributed by atoms with Crippen molar-refractivity contribution in [3.63, 3.8) is 0 Å². The van der Waals surface area contributed by atoms with Crippen LogP contribution in [0.4, 0.5) is 4.79 Å². The molecule has 0 spiro atoms. The molecule has 6 heteroatoms. The number of amides is 1. The van der Waals surface area contributed by atoms with Crippen molar-refractivity contribution in [2.75, 3.05) is 0 Å². The fourth-order valence-electron chi connectivity index (χ4n) is 4.01. The van der Waals surface area contributed by atoms with Crippen LogP contribution >= 0.6 is 0 Å². The smallest absolute Gasteiger partial charge is 0.465 e. The van der Waals surface area contributed by atoms with Gasteiger partial charge in [-0.3, -0.25) is 4.90 Å². The van der Waals surface area contributed by atoms with Crippen LogP contribution in [0, 0.1) is 0 Å². The Morgan fingerprint density at radius 2 is 1.77 bits per heavy atom. The maximum Gasteiger partial charge on any atom is 0.495 e. The number of carbonyl (C=O) groups is 1. The third kappa shape index (κ3) is 3.03. The highest BCUT2D eigenvalue weighted by molar-refractivity contribution is 6.62. The average molecular weight is 359 g/mol. The standard InChI is InChI=1S/C20H30BNO4/c1-18(2,3)22(17(23)24)16-12-11-13-14(16)9-8-10-15(13)21-25-19(4,5)20(6,7)26-21/h8-10,16H,11-12H2,1-7H3,(H,23,24). The number of carboxylic acid groups (broad SMARTS) is 1. The summed E-state index contributed by atoms with van der Waals surface area (Å²) in [5.74, 6) is 0. The zero-order valence-electron chi connectivity index (χ0n) is 16.9. The van der Waals surface area contributed by atoms with Crippen LogP contribution in [0.3, 0.4) is 0 Å². The monoisotopic (exact) mass is 359 g/mol. The second-order valence-corrected chi connectivity index (χ2v) is 9.38. The normalized spacial score (nSPS) is 23.8. The Hall–Kier alpha value is -1.53. The lowest BCUT2D eigenvalue weighted by atomic mass is 9.75. The first kappa shape index (κ1) is 19.2. The molecule has 1 aromatic carbocycles. The summed E-state index contributed by atoms with van der Waals surface area (Å²) in [6.45, 7) is 14.0. The fraction of sp³-hybridized carbons (Fsp3) is 0.650. The van der Waals surface area contributed by atoms with Crippen molar-refractivity contribution in [2.45, 2.75) is 84.1 Å². The van der Waals surface area contributed by atoms with Gasteiger partial charge < -0.3 is 14.4 Å². The molecule has 0 aromatic heterocycles. The van der Waals surface area contributed by atoms with Gasteiger partial charge in [-0.2, -0.15) is 0 Å². The van der Waals surface area contributed by atoms with Crippen LogP contribution in [0.15, 0.2) is 18.2 Å². The van der Waals surface area contributed by atoms with Crippen molar-refractivity contribution in [2.24, 2.45) is 0 Å². The van der Waals surface area contributed by atoms with E-state index in [-0.39, 0.29) is 6.04 Å². The van der Waals surface area contributed by atoms with Gasteiger partial charge in [0.1, 0.15) is 0 Å². The minimum absolute atomic E-state index is 0.134. The molecule has 1 atom stereocenters. The first-order chi connectivity index (χ1) is 11.8. The summed E-state index contributed by atoms with van der Waals surface area (Å²) < 4.78 is 12.5. The van der Waals surface area contributed by atoms with Crippen molar-refractivity contribution >= 4 is 18.7 Å². The Morgan fingerprint density at radius 1 is 1.19 bits per heavy atom. The first-order valence-corrected chi connectivity index (χ1v) is 9.35. The highest BCUT2D eigenvalue weighted by atomic mass is 16.7. The highest BCUT2D eigenvalue weighted by Gasteiger charge is 2.52. The van der Waals surface area contributed by atoms with Gasteiger partial charge in [-0.15, -0.1) is 0 Å². The highest BCUT2D eigenvalue weighted by Crippen LogP contribution is 2.41. The maximum atomic E-state index is 11.9. The zero-order valence-corrected chi connectivity index (χ0v) is 16.9. The van der Waals surface area contributed by atoms with Crippen molar-refractivity contribution < 1.29 is 19.2 Å². The van der Waals surface area contributed by atoms with Gasteiger partial charge in [-0.1, -0.05) is 18.2 Å². The Labute approximate surface area is 156 Å². The third-order valence-corrected chi connectivity index (χ3v) is 6.02. The predicted octanol–water partition coefficient (Wildman–Crippen LogP) is 3.75. The molecule has 0 bridgehead atoms. The van der Waals surface area contributed by atoms with Gasteiger partial charge in [0.2, 0.25) is 0 Å². The average Bonchev–Trinajstić information content (AvgIpc) is 2.96. The van der Waals surface area contributed by atoms with E-state index in [2.05, 4.69) is 0 Å². The van der Waals surface area contributed by atoms with E-state index in [4.69, 9.17) is 9.31 Å². The number of hydrogen-bond acceptors (Lipinski definition) is 3. The van der Waals surface area contributed by atoms with E-state index < -0.39 is 30.0 Å². The Balaban J connectivity index is 1.98. The van der Waals surface area contributed by atoms with Crippen LogP contribution < -0.4 is 5.46 Å². The number of fused-ring (bicyclic) bond motifs is 1. The van der Waals surface area contributed by atoms with Crippen LogP contribution in [0.25, 0.3) is 0 Å². The van der Waals surface area contributed by atoms with Crippen LogP contribution in [0.2, 0.25) is 0 Å². The lowest BCUT2D eigenvalue weighted by Crippen LogP contribution is -2.46. The zero-order chi connectivity index (χ0) is 19.5. The molecule has 1 aliphatic heterocycles. The molecule has 1 aliphatic carbocycles. The minimum Gasteiger partial charge on any atom is -0.465 e. The molecule has 1 saturated heterocycles. The second kappa shape index (κ2) is 5.99. The summed E-state index contributed by atoms with van der Waals surface area (Å²) >= 11 is 0. The van der Waals surface area contributed by atoms with Crippen LogP contribution in [-0.4, -0.2) is 40.0 Å². The van der Waals surface area contributed by atoms with E-state index in [9.17, 15) is 9.90 Å². The molecule has 0 radical (unpaired) electrons. The number of hydrogen-bond donors (Lipinski definition) is 1. The lowest BCUT2D eigenvalue weighted by Gasteiger charge is -2.38. The SMILES string of the molecule is CC(C)(C)N(C(=O)O)C1CCc2c(B3OC(C)(C)C(C)(C)O3)cccc21. The Bertz CT molecular complexity index is 707. The van der Waals surface area contributed by atoms with Gasteiger partial charge in [-0.25, -0.2) is 4.79 Å². The molecule has 5 nitrogen and oxygen atoms in total. The van der Waals surface area contributed by atoms with Crippen molar-refractivity contribution in [3.8, 4) is 0 Å². The molecule has 1 heterocycles. The molecule has 0 saturated carbocycles. The van der Waals surface area contributed by atoms with Crippen LogP contribution in [-0.2, 0) is 15.7 Å². The van der Waals surface area contributed by atoms with Gasteiger partial charge in [0, 0.05) is 5.54 Å². The van der Waals surface area contributed by atoms with Crippen molar-refractivity contribution in [1.29, 1.82) is 0 Å². The number of nitrogens with zero attached hydrogens (tertiary/aromatic N) is 1. The summed E-state index contributed by atoms with van der Waals surface area (Å²) in [7, 11) is -0.415. The Kier molecular flexibility index (Phi) is 4.44. The largest absolute Gasteiger partial charge is 0.495 e. The number of benzene rings is 1. The summed E-state index contributed by atoms with van der Waals surface area (Å²) in [6, 6.07) is 5.94. The summed E-state index contributed by atoms with van der Waals surface area (Å²) in [4.78, 5) is 13.5. The lowest BCUT2D eigenvalue weighted by molar-refractivity contribution is 0.00578. The first-order valence-electron chi connectivity index (χ1n) is 9.35. The second-order valence-electron chi connectivity index (χ2n) is 9.38.